The molecule has 1 nitrogen and oxygen atoms in total. The standard InChI is InChI=1S/C17H38NS/c1-5-6-7-8-10-13-16-19-17-14-11-9-12-15-18(2,3)4/h5-17H2,1-4H3/q+1. The van der Waals surface area contributed by atoms with Crippen molar-refractivity contribution >= 4 is 11.8 Å². The Hall–Kier alpha value is 0.310. The van der Waals surface area contributed by atoms with Gasteiger partial charge in [-0.05, 0) is 37.2 Å². The highest BCUT2D eigenvalue weighted by Gasteiger charge is 2.04. The fourth-order valence-electron chi connectivity index (χ4n) is 2.23. The first-order valence-corrected chi connectivity index (χ1v) is 9.60. The largest absolute Gasteiger partial charge is 0.331 e. The van der Waals surface area contributed by atoms with Crippen LogP contribution in [0, 0.1) is 0 Å². The van der Waals surface area contributed by atoms with Crippen molar-refractivity contribution in [3.05, 3.63) is 0 Å². The summed E-state index contributed by atoms with van der Waals surface area (Å²) in [7, 11) is 6.86. The Balaban J connectivity index is 2.99. The number of rotatable bonds is 14. The van der Waals surface area contributed by atoms with E-state index >= 15 is 0 Å². The van der Waals surface area contributed by atoms with Crippen molar-refractivity contribution in [2.45, 2.75) is 71.1 Å². The zero-order chi connectivity index (χ0) is 14.4. The van der Waals surface area contributed by atoms with E-state index < -0.39 is 0 Å². The van der Waals surface area contributed by atoms with Gasteiger partial charge in [0.2, 0.25) is 0 Å². The summed E-state index contributed by atoms with van der Waals surface area (Å²) in [5.74, 6) is 2.78. The van der Waals surface area contributed by atoms with E-state index in [2.05, 4.69) is 39.8 Å². The Labute approximate surface area is 127 Å². The van der Waals surface area contributed by atoms with E-state index in [4.69, 9.17) is 0 Å². The van der Waals surface area contributed by atoms with Crippen LogP contribution in [0.15, 0.2) is 0 Å². The fraction of sp³-hybridized carbons (Fsp3) is 1.00. The Morgan fingerprint density at radius 2 is 1.11 bits per heavy atom. The van der Waals surface area contributed by atoms with Gasteiger partial charge in [0.25, 0.3) is 0 Å². The minimum atomic E-state index is 1.12. The second-order valence-corrected chi connectivity index (χ2v) is 8.03. The van der Waals surface area contributed by atoms with Crippen molar-refractivity contribution in [1.82, 2.24) is 0 Å². The van der Waals surface area contributed by atoms with Crippen molar-refractivity contribution in [2.75, 3.05) is 39.2 Å². The number of nitrogens with zero attached hydrogens (tertiary/aromatic N) is 1. The van der Waals surface area contributed by atoms with Crippen LogP contribution in [0.2, 0.25) is 0 Å². The summed E-state index contributed by atoms with van der Waals surface area (Å²) in [6, 6.07) is 0. The lowest BCUT2D eigenvalue weighted by atomic mass is 10.1. The maximum absolute atomic E-state index is 2.29. The van der Waals surface area contributed by atoms with Gasteiger partial charge in [0.15, 0.2) is 0 Å². The normalized spacial score (nSPS) is 12.0. The highest BCUT2D eigenvalue weighted by molar-refractivity contribution is 7.99. The predicted molar refractivity (Wildman–Crippen MR) is 92.1 cm³/mol. The van der Waals surface area contributed by atoms with Gasteiger partial charge in [-0.15, -0.1) is 0 Å². The van der Waals surface area contributed by atoms with Crippen LogP contribution in [-0.4, -0.2) is 43.7 Å². The van der Waals surface area contributed by atoms with Gasteiger partial charge in [0.05, 0.1) is 27.7 Å². The van der Waals surface area contributed by atoms with Crippen LogP contribution in [0.1, 0.15) is 71.1 Å². The van der Waals surface area contributed by atoms with Crippen LogP contribution in [0.5, 0.6) is 0 Å². The highest BCUT2D eigenvalue weighted by Crippen LogP contribution is 2.12. The van der Waals surface area contributed by atoms with Gasteiger partial charge >= 0.3 is 0 Å². The van der Waals surface area contributed by atoms with E-state index in [1.165, 1.54) is 82.3 Å². The molecule has 0 fully saturated rings. The maximum Gasteiger partial charge on any atom is 0.0780 e. The molecule has 0 rings (SSSR count). The Morgan fingerprint density at radius 3 is 1.63 bits per heavy atom. The third kappa shape index (κ3) is 18.3. The molecule has 0 unspecified atom stereocenters. The molecule has 0 atom stereocenters. The average molecular weight is 289 g/mol. The first kappa shape index (κ1) is 19.3. The molecule has 0 bridgehead atoms. The van der Waals surface area contributed by atoms with Crippen LogP contribution in [0.25, 0.3) is 0 Å². The van der Waals surface area contributed by atoms with Crippen LogP contribution in [0.3, 0.4) is 0 Å². The summed E-state index contributed by atoms with van der Waals surface area (Å²) in [5, 5.41) is 0. The predicted octanol–water partition coefficient (Wildman–Crippen LogP) is 5.35. The lowest BCUT2D eigenvalue weighted by Gasteiger charge is -2.23. The van der Waals surface area contributed by atoms with Crippen LogP contribution < -0.4 is 0 Å². The summed E-state index contributed by atoms with van der Waals surface area (Å²) in [4.78, 5) is 0. The van der Waals surface area contributed by atoms with E-state index in [1.54, 1.807) is 0 Å². The molecular formula is C17H38NS+. The van der Waals surface area contributed by atoms with Crippen LogP contribution in [-0.2, 0) is 0 Å². The van der Waals surface area contributed by atoms with E-state index in [-0.39, 0.29) is 0 Å². The first-order valence-electron chi connectivity index (χ1n) is 8.44. The van der Waals surface area contributed by atoms with Gasteiger partial charge in [-0.2, -0.15) is 11.8 Å². The monoisotopic (exact) mass is 288 g/mol. The van der Waals surface area contributed by atoms with Gasteiger partial charge in [0, 0.05) is 0 Å². The SMILES string of the molecule is CCCCCCCCSCCCCCC[N+](C)(C)C. The molecule has 0 aromatic rings. The summed E-state index contributed by atoms with van der Waals surface area (Å²) in [6.07, 6.45) is 14.3. The molecule has 0 amide bonds. The van der Waals surface area contributed by atoms with E-state index in [1.807, 2.05) is 0 Å². The van der Waals surface area contributed by atoms with Crippen molar-refractivity contribution < 1.29 is 4.48 Å². The minimum Gasteiger partial charge on any atom is -0.331 e. The molecule has 0 N–H and O–H groups in total. The third-order valence-electron chi connectivity index (χ3n) is 3.51. The quantitative estimate of drug-likeness (QED) is 0.307. The van der Waals surface area contributed by atoms with Crippen molar-refractivity contribution in [2.24, 2.45) is 0 Å². The average Bonchev–Trinajstić information content (AvgIpc) is 2.34. The number of quaternary nitrogens is 1. The molecule has 2 heteroatoms. The van der Waals surface area contributed by atoms with Gasteiger partial charge in [-0.1, -0.05) is 45.4 Å². The van der Waals surface area contributed by atoms with Crippen LogP contribution >= 0.6 is 11.8 Å². The Kier molecular flexibility index (Phi) is 13.5. The molecule has 0 saturated heterocycles. The summed E-state index contributed by atoms with van der Waals surface area (Å²) >= 11 is 2.18. The molecule has 19 heavy (non-hydrogen) atoms. The van der Waals surface area contributed by atoms with Crippen LogP contribution in [0.4, 0.5) is 0 Å². The molecule has 0 radical (unpaired) electrons. The molecule has 0 aromatic heterocycles. The first-order chi connectivity index (χ1) is 9.06. The van der Waals surface area contributed by atoms with Gasteiger partial charge in [0.1, 0.15) is 0 Å². The van der Waals surface area contributed by atoms with Crippen molar-refractivity contribution in [3.8, 4) is 0 Å². The zero-order valence-electron chi connectivity index (χ0n) is 14.0. The number of hydrogen-bond acceptors (Lipinski definition) is 1. The van der Waals surface area contributed by atoms with Gasteiger partial charge in [-0.3, -0.25) is 0 Å². The maximum atomic E-state index is 2.29. The van der Waals surface area contributed by atoms with E-state index in [0.717, 1.165) is 4.48 Å². The third-order valence-corrected chi connectivity index (χ3v) is 4.66. The number of unbranched alkanes of at least 4 members (excludes halogenated alkanes) is 8. The van der Waals surface area contributed by atoms with Gasteiger partial charge in [-0.25, -0.2) is 0 Å². The van der Waals surface area contributed by atoms with Crippen molar-refractivity contribution in [3.63, 3.8) is 0 Å². The minimum absolute atomic E-state index is 1.12. The lowest BCUT2D eigenvalue weighted by molar-refractivity contribution is -0.870. The molecule has 0 aliphatic rings. The summed E-state index contributed by atoms with van der Waals surface area (Å²) in [5.41, 5.74) is 0. The molecule has 0 aliphatic heterocycles. The van der Waals surface area contributed by atoms with E-state index in [9.17, 15) is 0 Å². The fourth-order valence-corrected chi connectivity index (χ4v) is 3.25. The molecule has 0 aromatic carbocycles. The molecule has 0 heterocycles. The molecule has 0 saturated carbocycles. The number of thioether (sulfide) groups is 1. The van der Waals surface area contributed by atoms with Gasteiger partial charge < -0.3 is 4.48 Å². The molecule has 0 spiro atoms. The molecule has 0 aliphatic carbocycles. The molecular weight excluding hydrogens is 250 g/mol. The zero-order valence-corrected chi connectivity index (χ0v) is 14.9. The molecule has 116 valence electrons. The summed E-state index contributed by atoms with van der Waals surface area (Å²) < 4.78 is 1.12. The van der Waals surface area contributed by atoms with Crippen molar-refractivity contribution in [1.29, 1.82) is 0 Å². The highest BCUT2D eigenvalue weighted by atomic mass is 32.2. The second kappa shape index (κ2) is 13.3. The second-order valence-electron chi connectivity index (χ2n) is 6.81. The Bertz CT molecular complexity index is 175. The number of hydrogen-bond donors (Lipinski definition) is 0. The summed E-state index contributed by atoms with van der Waals surface area (Å²) in [6.45, 7) is 3.61. The smallest absolute Gasteiger partial charge is 0.0780 e. The lowest BCUT2D eigenvalue weighted by Crippen LogP contribution is -2.35. The Morgan fingerprint density at radius 1 is 0.632 bits per heavy atom. The topological polar surface area (TPSA) is 0 Å². The van der Waals surface area contributed by atoms with E-state index in [0.29, 0.717) is 0 Å².